The van der Waals surface area contributed by atoms with Gasteiger partial charge in [-0.15, -0.1) is 0 Å². The lowest BCUT2D eigenvalue weighted by Gasteiger charge is -2.30. The van der Waals surface area contributed by atoms with Crippen molar-refractivity contribution in [3.8, 4) is 5.75 Å². The van der Waals surface area contributed by atoms with Crippen molar-refractivity contribution in [1.82, 2.24) is 9.91 Å². The molecule has 0 aromatic heterocycles. The first-order valence-corrected chi connectivity index (χ1v) is 6.01. The molecule has 1 saturated heterocycles. The van der Waals surface area contributed by atoms with E-state index in [0.717, 1.165) is 26.2 Å². The summed E-state index contributed by atoms with van der Waals surface area (Å²) in [6, 6.07) is 3.89. The van der Waals surface area contributed by atoms with Crippen molar-refractivity contribution in [1.29, 1.82) is 0 Å². The molecule has 1 fully saturated rings. The molecule has 1 aliphatic heterocycles. The molecular weight excluding hydrogens is 248 g/mol. The van der Waals surface area contributed by atoms with Crippen LogP contribution in [0.15, 0.2) is 23.3 Å². The van der Waals surface area contributed by atoms with E-state index in [2.05, 4.69) is 10.0 Å². The van der Waals surface area contributed by atoms with Crippen molar-refractivity contribution in [2.45, 2.75) is 0 Å². The summed E-state index contributed by atoms with van der Waals surface area (Å²) in [7, 11) is 2.05. The van der Waals surface area contributed by atoms with Gasteiger partial charge in [0.25, 0.3) is 5.69 Å². The zero-order chi connectivity index (χ0) is 13.8. The van der Waals surface area contributed by atoms with Crippen LogP contribution in [0.4, 0.5) is 5.69 Å². The van der Waals surface area contributed by atoms with Crippen LogP contribution in [0.3, 0.4) is 0 Å². The van der Waals surface area contributed by atoms with E-state index in [1.54, 1.807) is 0 Å². The second kappa shape index (κ2) is 5.66. The lowest BCUT2D eigenvalue weighted by Crippen LogP contribution is -2.41. The monoisotopic (exact) mass is 264 g/mol. The number of nitrogens with zero attached hydrogens (tertiary/aromatic N) is 4. The number of phenolic OH excluding ortho intramolecular Hbond substituents is 1. The molecule has 102 valence electrons. The third-order valence-electron chi connectivity index (χ3n) is 3.06. The summed E-state index contributed by atoms with van der Waals surface area (Å²) in [6.07, 6.45) is 1.47. The first kappa shape index (κ1) is 13.3. The summed E-state index contributed by atoms with van der Waals surface area (Å²) < 4.78 is 0. The average molecular weight is 264 g/mol. The van der Waals surface area contributed by atoms with E-state index in [1.807, 2.05) is 12.1 Å². The summed E-state index contributed by atoms with van der Waals surface area (Å²) in [6.45, 7) is 3.47. The number of non-ortho nitro benzene ring substituents is 1. The fourth-order valence-electron chi connectivity index (χ4n) is 1.81. The molecular formula is C12H16N4O3. The van der Waals surface area contributed by atoms with Crippen LogP contribution in [0, 0.1) is 10.1 Å². The number of hydrogen-bond donors (Lipinski definition) is 1. The van der Waals surface area contributed by atoms with E-state index in [-0.39, 0.29) is 11.4 Å². The summed E-state index contributed by atoms with van der Waals surface area (Å²) in [5.41, 5.74) is 0.297. The normalized spacial score (nSPS) is 17.0. The molecule has 0 amide bonds. The van der Waals surface area contributed by atoms with E-state index < -0.39 is 4.92 Å². The summed E-state index contributed by atoms with van der Waals surface area (Å²) >= 11 is 0. The Hall–Kier alpha value is -2.15. The number of piperazine rings is 1. The Kier molecular flexibility index (Phi) is 3.96. The zero-order valence-corrected chi connectivity index (χ0v) is 10.7. The average Bonchev–Trinajstić information content (AvgIpc) is 2.39. The Balaban J connectivity index is 2.09. The standard InChI is InChI=1S/C12H16N4O3/c1-14-4-6-15(7-5-14)13-9-10-8-11(16(18)19)2-3-12(10)17/h2-3,8-9,17H,4-7H2,1H3/b13-9-. The smallest absolute Gasteiger partial charge is 0.270 e. The second-order valence-corrected chi connectivity index (χ2v) is 4.50. The summed E-state index contributed by atoms with van der Waals surface area (Å²) in [5, 5.41) is 26.5. The molecule has 1 heterocycles. The maximum absolute atomic E-state index is 10.7. The second-order valence-electron chi connectivity index (χ2n) is 4.50. The van der Waals surface area contributed by atoms with Gasteiger partial charge in [-0.25, -0.2) is 0 Å². The minimum absolute atomic E-state index is 0.0107. The van der Waals surface area contributed by atoms with Crippen LogP contribution in [0.1, 0.15) is 5.56 Å². The molecule has 0 saturated carbocycles. The topological polar surface area (TPSA) is 82.2 Å². The van der Waals surface area contributed by atoms with E-state index in [4.69, 9.17) is 0 Å². The Labute approximate surface area is 110 Å². The number of nitro benzene ring substituents is 1. The van der Waals surface area contributed by atoms with Gasteiger partial charge in [-0.05, 0) is 13.1 Å². The lowest BCUT2D eigenvalue weighted by atomic mass is 10.2. The largest absolute Gasteiger partial charge is 0.507 e. The van der Waals surface area contributed by atoms with Crippen LogP contribution in [-0.2, 0) is 0 Å². The van der Waals surface area contributed by atoms with Crippen molar-refractivity contribution < 1.29 is 10.0 Å². The number of likely N-dealkylation sites (N-methyl/N-ethyl adjacent to an activating group) is 1. The van der Waals surface area contributed by atoms with Gasteiger partial charge in [-0.1, -0.05) is 0 Å². The molecule has 1 aromatic rings. The van der Waals surface area contributed by atoms with Gasteiger partial charge in [-0.2, -0.15) is 5.10 Å². The van der Waals surface area contributed by atoms with Crippen LogP contribution < -0.4 is 0 Å². The van der Waals surface area contributed by atoms with Gasteiger partial charge in [-0.3, -0.25) is 15.1 Å². The molecule has 0 unspecified atom stereocenters. The number of hydrazone groups is 1. The number of hydrogen-bond acceptors (Lipinski definition) is 6. The van der Waals surface area contributed by atoms with Gasteiger partial charge in [0.15, 0.2) is 0 Å². The zero-order valence-electron chi connectivity index (χ0n) is 10.7. The maximum Gasteiger partial charge on any atom is 0.270 e. The van der Waals surface area contributed by atoms with Crippen LogP contribution in [0.2, 0.25) is 0 Å². The molecule has 1 aromatic carbocycles. The van der Waals surface area contributed by atoms with Crippen LogP contribution in [0.5, 0.6) is 5.75 Å². The molecule has 0 spiro atoms. The highest BCUT2D eigenvalue weighted by Crippen LogP contribution is 2.21. The van der Waals surface area contributed by atoms with E-state index in [1.165, 1.54) is 24.4 Å². The molecule has 7 heteroatoms. The fraction of sp³-hybridized carbons (Fsp3) is 0.417. The minimum Gasteiger partial charge on any atom is -0.507 e. The van der Waals surface area contributed by atoms with Crippen LogP contribution >= 0.6 is 0 Å². The predicted molar refractivity (Wildman–Crippen MR) is 71.4 cm³/mol. The van der Waals surface area contributed by atoms with Crippen LogP contribution in [0.25, 0.3) is 0 Å². The summed E-state index contributed by atoms with van der Waals surface area (Å²) in [5.74, 6) is -0.0107. The summed E-state index contributed by atoms with van der Waals surface area (Å²) in [4.78, 5) is 12.4. The maximum atomic E-state index is 10.7. The Morgan fingerprint density at radius 1 is 1.37 bits per heavy atom. The van der Waals surface area contributed by atoms with Crippen molar-refractivity contribution in [2.75, 3.05) is 33.2 Å². The highest BCUT2D eigenvalue weighted by atomic mass is 16.6. The molecule has 1 N–H and O–H groups in total. The molecule has 1 aliphatic rings. The molecule has 0 atom stereocenters. The number of rotatable bonds is 3. The lowest BCUT2D eigenvalue weighted by molar-refractivity contribution is -0.384. The Morgan fingerprint density at radius 3 is 2.68 bits per heavy atom. The highest BCUT2D eigenvalue weighted by molar-refractivity contribution is 5.84. The molecule has 0 radical (unpaired) electrons. The number of aromatic hydroxyl groups is 1. The van der Waals surface area contributed by atoms with Crippen molar-refractivity contribution in [3.63, 3.8) is 0 Å². The molecule has 7 nitrogen and oxygen atoms in total. The van der Waals surface area contributed by atoms with Gasteiger partial charge in [0, 0.05) is 43.9 Å². The highest BCUT2D eigenvalue weighted by Gasteiger charge is 2.12. The number of phenols is 1. The van der Waals surface area contributed by atoms with E-state index in [0.29, 0.717) is 5.56 Å². The van der Waals surface area contributed by atoms with Gasteiger partial charge < -0.3 is 10.0 Å². The first-order valence-electron chi connectivity index (χ1n) is 6.01. The van der Waals surface area contributed by atoms with Gasteiger partial charge in [0.2, 0.25) is 0 Å². The number of nitro groups is 1. The van der Waals surface area contributed by atoms with Crippen molar-refractivity contribution in [3.05, 3.63) is 33.9 Å². The van der Waals surface area contributed by atoms with E-state index in [9.17, 15) is 15.2 Å². The van der Waals surface area contributed by atoms with Gasteiger partial charge in [0.1, 0.15) is 5.75 Å². The van der Waals surface area contributed by atoms with Gasteiger partial charge in [0.05, 0.1) is 11.1 Å². The first-order chi connectivity index (χ1) is 9.06. The van der Waals surface area contributed by atoms with Crippen molar-refractivity contribution >= 4 is 11.9 Å². The van der Waals surface area contributed by atoms with Gasteiger partial charge >= 0.3 is 0 Å². The van der Waals surface area contributed by atoms with Crippen molar-refractivity contribution in [2.24, 2.45) is 5.10 Å². The predicted octanol–water partition coefficient (Wildman–Crippen LogP) is 0.882. The minimum atomic E-state index is -0.493. The number of benzene rings is 1. The van der Waals surface area contributed by atoms with E-state index >= 15 is 0 Å². The quantitative estimate of drug-likeness (QED) is 0.498. The SMILES string of the molecule is CN1CCN(/N=C\c2cc([N+](=O)[O-])ccc2O)CC1. The Morgan fingerprint density at radius 2 is 2.05 bits per heavy atom. The molecule has 19 heavy (non-hydrogen) atoms. The third kappa shape index (κ3) is 3.41. The Bertz CT molecular complexity index is 496. The molecule has 0 aliphatic carbocycles. The molecule has 0 bridgehead atoms. The fourth-order valence-corrected chi connectivity index (χ4v) is 1.81. The molecule has 2 rings (SSSR count). The third-order valence-corrected chi connectivity index (χ3v) is 3.06. The van der Waals surface area contributed by atoms with Crippen LogP contribution in [-0.4, -0.2) is 59.4 Å².